The molecular weight excluding hydrogens is 392 g/mol. The maximum absolute atomic E-state index is 11.6. The molecule has 2 aromatic carbocycles. The summed E-state index contributed by atoms with van der Waals surface area (Å²) in [5.74, 6) is -0.279. The molecule has 146 valence electrons. The standard InChI is InChI=1S/C18H21ClN2O5S/c1-18(17(20)22,26-27(2,23)24)21-11-13-6-8-16(9-7-13)25-12-14-4-3-5-15(19)10-14/h3-10,21H,11-12H2,1-2H3,(H2,20,22)/t18-/m1/s1. The molecule has 27 heavy (non-hydrogen) atoms. The lowest BCUT2D eigenvalue weighted by Gasteiger charge is -2.26. The zero-order valence-corrected chi connectivity index (χ0v) is 16.5. The van der Waals surface area contributed by atoms with E-state index in [2.05, 4.69) is 5.32 Å². The number of ether oxygens (including phenoxy) is 1. The molecule has 0 spiro atoms. The third kappa shape index (κ3) is 6.84. The van der Waals surface area contributed by atoms with E-state index in [4.69, 9.17) is 26.3 Å². The number of carbonyl (C=O) groups is 1. The Balaban J connectivity index is 1.95. The minimum atomic E-state index is -3.87. The smallest absolute Gasteiger partial charge is 0.266 e. The maximum atomic E-state index is 11.6. The van der Waals surface area contributed by atoms with Crippen molar-refractivity contribution < 1.29 is 22.1 Å². The number of nitrogens with two attached hydrogens (primary N) is 1. The zero-order chi connectivity index (χ0) is 20.1. The summed E-state index contributed by atoms with van der Waals surface area (Å²) in [6, 6.07) is 14.5. The molecule has 0 fully saturated rings. The third-order valence-corrected chi connectivity index (χ3v) is 4.51. The number of halogens is 1. The first-order valence-corrected chi connectivity index (χ1v) is 10.2. The molecule has 0 saturated heterocycles. The molecule has 1 amide bonds. The Morgan fingerprint density at radius 1 is 1.19 bits per heavy atom. The molecule has 7 nitrogen and oxygen atoms in total. The number of benzene rings is 2. The molecule has 0 saturated carbocycles. The molecule has 0 aliphatic rings. The van der Waals surface area contributed by atoms with Crippen LogP contribution in [0.3, 0.4) is 0 Å². The Bertz CT molecular complexity index is 902. The van der Waals surface area contributed by atoms with E-state index in [0.717, 1.165) is 17.4 Å². The molecule has 0 aliphatic carbocycles. The van der Waals surface area contributed by atoms with Crippen LogP contribution in [0.1, 0.15) is 18.1 Å². The predicted octanol–water partition coefficient (Wildman–Crippen LogP) is 2.19. The Kier molecular flexibility index (Phi) is 6.83. The van der Waals surface area contributed by atoms with Gasteiger partial charge in [-0.25, -0.2) is 4.18 Å². The van der Waals surface area contributed by atoms with Crippen LogP contribution < -0.4 is 15.8 Å². The largest absolute Gasteiger partial charge is 0.489 e. The van der Waals surface area contributed by atoms with Crippen molar-refractivity contribution in [3.63, 3.8) is 0 Å². The summed E-state index contributed by atoms with van der Waals surface area (Å²) in [6.07, 6.45) is 0.849. The highest BCUT2D eigenvalue weighted by Crippen LogP contribution is 2.17. The molecule has 0 unspecified atom stereocenters. The highest BCUT2D eigenvalue weighted by Gasteiger charge is 2.35. The van der Waals surface area contributed by atoms with E-state index in [1.54, 1.807) is 30.3 Å². The molecule has 2 aromatic rings. The van der Waals surface area contributed by atoms with Gasteiger partial charge < -0.3 is 10.5 Å². The van der Waals surface area contributed by atoms with Crippen molar-refractivity contribution in [2.24, 2.45) is 5.73 Å². The number of hydrogen-bond donors (Lipinski definition) is 2. The molecule has 3 N–H and O–H groups in total. The second-order valence-electron chi connectivity index (χ2n) is 6.10. The van der Waals surface area contributed by atoms with Crippen molar-refractivity contribution >= 4 is 27.6 Å². The number of rotatable bonds is 9. The fraction of sp³-hybridized carbons (Fsp3) is 0.278. The van der Waals surface area contributed by atoms with Crippen molar-refractivity contribution in [2.75, 3.05) is 6.26 Å². The van der Waals surface area contributed by atoms with Crippen molar-refractivity contribution in [2.45, 2.75) is 25.8 Å². The second-order valence-corrected chi connectivity index (χ2v) is 8.11. The first-order valence-electron chi connectivity index (χ1n) is 7.99. The van der Waals surface area contributed by atoms with Gasteiger partial charge in [-0.15, -0.1) is 0 Å². The van der Waals surface area contributed by atoms with Gasteiger partial charge in [0.2, 0.25) is 5.72 Å². The second kappa shape index (κ2) is 8.71. The van der Waals surface area contributed by atoms with E-state index in [0.29, 0.717) is 17.4 Å². The van der Waals surface area contributed by atoms with Crippen LogP contribution in [0, 0.1) is 0 Å². The first kappa shape index (κ1) is 21.2. The summed E-state index contributed by atoms with van der Waals surface area (Å²) < 4.78 is 33.1. The number of nitrogens with one attached hydrogen (secondary N) is 1. The molecule has 1 atom stereocenters. The molecule has 0 heterocycles. The molecule has 0 bridgehead atoms. The minimum absolute atomic E-state index is 0.170. The van der Waals surface area contributed by atoms with Crippen LogP contribution >= 0.6 is 11.6 Å². The van der Waals surface area contributed by atoms with Gasteiger partial charge in [0.15, 0.2) is 0 Å². The van der Waals surface area contributed by atoms with Gasteiger partial charge in [-0.2, -0.15) is 8.42 Å². The Labute approximate surface area is 163 Å². The highest BCUT2D eigenvalue weighted by atomic mass is 35.5. The van der Waals surface area contributed by atoms with Crippen LogP contribution in [0.15, 0.2) is 48.5 Å². The van der Waals surface area contributed by atoms with E-state index >= 15 is 0 Å². The molecule has 0 aliphatic heterocycles. The van der Waals surface area contributed by atoms with Gasteiger partial charge in [0.05, 0.1) is 6.26 Å². The van der Waals surface area contributed by atoms with Crippen LogP contribution in [-0.4, -0.2) is 26.3 Å². The van der Waals surface area contributed by atoms with Gasteiger partial charge in [-0.05, 0) is 42.3 Å². The lowest BCUT2D eigenvalue weighted by molar-refractivity contribution is -0.134. The van der Waals surface area contributed by atoms with Crippen LogP contribution in [0.5, 0.6) is 5.75 Å². The van der Waals surface area contributed by atoms with Gasteiger partial charge in [-0.1, -0.05) is 35.9 Å². The van der Waals surface area contributed by atoms with Gasteiger partial charge in [0, 0.05) is 11.6 Å². The number of hydrogen-bond acceptors (Lipinski definition) is 6. The lowest BCUT2D eigenvalue weighted by Crippen LogP contribution is -2.55. The van der Waals surface area contributed by atoms with Gasteiger partial charge in [0.1, 0.15) is 12.4 Å². The average molecular weight is 413 g/mol. The van der Waals surface area contributed by atoms with Gasteiger partial charge in [0.25, 0.3) is 16.0 Å². The third-order valence-electron chi connectivity index (χ3n) is 3.64. The molecular formula is C18H21ClN2O5S. The van der Waals surface area contributed by atoms with Gasteiger partial charge >= 0.3 is 0 Å². The fourth-order valence-electron chi connectivity index (χ4n) is 2.23. The Hall–Kier alpha value is -2.13. The zero-order valence-electron chi connectivity index (χ0n) is 14.9. The summed E-state index contributed by atoms with van der Waals surface area (Å²) >= 11 is 5.94. The summed E-state index contributed by atoms with van der Waals surface area (Å²) in [7, 11) is -3.87. The maximum Gasteiger partial charge on any atom is 0.266 e. The fourth-order valence-corrected chi connectivity index (χ4v) is 3.19. The number of primary amides is 1. The Morgan fingerprint density at radius 3 is 2.41 bits per heavy atom. The van der Waals surface area contributed by atoms with E-state index in [9.17, 15) is 13.2 Å². The quantitative estimate of drug-likeness (QED) is 0.482. The molecule has 0 radical (unpaired) electrons. The minimum Gasteiger partial charge on any atom is -0.489 e. The van der Waals surface area contributed by atoms with Crippen molar-refractivity contribution in [1.29, 1.82) is 0 Å². The first-order chi connectivity index (χ1) is 12.6. The summed E-state index contributed by atoms with van der Waals surface area (Å²) in [4.78, 5) is 11.6. The summed E-state index contributed by atoms with van der Waals surface area (Å²) in [5.41, 5.74) is 5.15. The monoisotopic (exact) mass is 412 g/mol. The molecule has 0 aromatic heterocycles. The van der Waals surface area contributed by atoms with Crippen molar-refractivity contribution in [3.05, 3.63) is 64.7 Å². The normalized spacial score (nSPS) is 13.7. The van der Waals surface area contributed by atoms with Gasteiger partial charge in [-0.3, -0.25) is 10.1 Å². The van der Waals surface area contributed by atoms with Crippen LogP contribution in [-0.2, 0) is 32.2 Å². The van der Waals surface area contributed by atoms with E-state index in [-0.39, 0.29) is 6.54 Å². The summed E-state index contributed by atoms with van der Waals surface area (Å²) in [5, 5.41) is 3.37. The summed E-state index contributed by atoms with van der Waals surface area (Å²) in [6.45, 7) is 1.81. The van der Waals surface area contributed by atoms with E-state index in [1.165, 1.54) is 6.92 Å². The Morgan fingerprint density at radius 2 is 1.85 bits per heavy atom. The van der Waals surface area contributed by atoms with Crippen molar-refractivity contribution in [3.8, 4) is 5.75 Å². The van der Waals surface area contributed by atoms with Crippen LogP contribution in [0.25, 0.3) is 0 Å². The SMILES string of the molecule is C[C@@](NCc1ccc(OCc2cccc(Cl)c2)cc1)(OS(C)(=O)=O)C(N)=O. The molecule has 2 rings (SSSR count). The number of carbonyl (C=O) groups excluding carboxylic acids is 1. The topological polar surface area (TPSA) is 108 Å². The molecule has 9 heteroatoms. The van der Waals surface area contributed by atoms with E-state index in [1.807, 2.05) is 18.2 Å². The van der Waals surface area contributed by atoms with Crippen molar-refractivity contribution in [1.82, 2.24) is 5.32 Å². The lowest BCUT2D eigenvalue weighted by atomic mass is 10.2. The van der Waals surface area contributed by atoms with Crippen LogP contribution in [0.4, 0.5) is 0 Å². The van der Waals surface area contributed by atoms with E-state index < -0.39 is 21.8 Å². The highest BCUT2D eigenvalue weighted by molar-refractivity contribution is 7.86. The number of amides is 1. The average Bonchev–Trinajstić information content (AvgIpc) is 2.57. The van der Waals surface area contributed by atoms with Crippen LogP contribution in [0.2, 0.25) is 5.02 Å². The predicted molar refractivity (Wildman–Crippen MR) is 103 cm³/mol.